The molecule has 1 fully saturated rings. The van der Waals surface area contributed by atoms with E-state index in [1.165, 1.54) is 18.5 Å². The minimum atomic E-state index is 0.548. The molecule has 0 bridgehead atoms. The Balaban J connectivity index is 1.88. The van der Waals surface area contributed by atoms with Crippen LogP contribution in [0.2, 0.25) is 0 Å². The minimum absolute atomic E-state index is 0.548. The van der Waals surface area contributed by atoms with E-state index in [1.807, 2.05) is 16.8 Å². The molecule has 0 spiro atoms. The van der Waals surface area contributed by atoms with Gasteiger partial charge in [-0.05, 0) is 31.5 Å². The molecule has 0 saturated carbocycles. The molecule has 3 rings (SSSR count). The topological polar surface area (TPSA) is 42.7 Å². The summed E-state index contributed by atoms with van der Waals surface area (Å²) in [5.74, 6) is 1.50. The number of pyridine rings is 1. The lowest BCUT2D eigenvalue weighted by atomic mass is 9.96. The van der Waals surface area contributed by atoms with Crippen LogP contribution >= 0.6 is 0 Å². The maximum Gasteiger partial charge on any atom is 0.138 e. The van der Waals surface area contributed by atoms with Crippen LogP contribution < -0.4 is 5.32 Å². The Kier molecular flexibility index (Phi) is 2.88. The second-order valence-corrected chi connectivity index (χ2v) is 4.43. The van der Waals surface area contributed by atoms with Crippen LogP contribution in [0.25, 0.3) is 5.82 Å². The van der Waals surface area contributed by atoms with E-state index in [4.69, 9.17) is 4.98 Å². The van der Waals surface area contributed by atoms with Crippen molar-refractivity contribution in [2.75, 3.05) is 13.1 Å². The standard InChI is InChI=1S/C13H16N4/c1-4-12(11-3-2-6-14-9-11)16-13(5-1)17-8-7-15-10-17/h1,4-5,7-8,10-11,14H,2-3,6,9H2. The van der Waals surface area contributed by atoms with Gasteiger partial charge in [-0.3, -0.25) is 4.57 Å². The summed E-state index contributed by atoms with van der Waals surface area (Å²) in [6.07, 6.45) is 7.95. The third kappa shape index (κ3) is 2.22. The summed E-state index contributed by atoms with van der Waals surface area (Å²) < 4.78 is 1.94. The van der Waals surface area contributed by atoms with Gasteiger partial charge in [0, 0.05) is 30.6 Å². The normalized spacial score (nSPS) is 20.4. The maximum absolute atomic E-state index is 4.72. The quantitative estimate of drug-likeness (QED) is 0.851. The van der Waals surface area contributed by atoms with Crippen molar-refractivity contribution in [3.63, 3.8) is 0 Å². The van der Waals surface area contributed by atoms with E-state index < -0.39 is 0 Å². The smallest absolute Gasteiger partial charge is 0.138 e. The number of rotatable bonds is 2. The number of hydrogen-bond acceptors (Lipinski definition) is 3. The number of imidazole rings is 1. The van der Waals surface area contributed by atoms with Crippen molar-refractivity contribution in [2.45, 2.75) is 18.8 Å². The molecule has 4 nitrogen and oxygen atoms in total. The van der Waals surface area contributed by atoms with Gasteiger partial charge < -0.3 is 5.32 Å². The zero-order chi connectivity index (χ0) is 11.5. The summed E-state index contributed by atoms with van der Waals surface area (Å²) in [5.41, 5.74) is 1.18. The molecule has 2 aromatic heterocycles. The van der Waals surface area contributed by atoms with Crippen molar-refractivity contribution in [2.24, 2.45) is 0 Å². The first-order chi connectivity index (χ1) is 8.43. The molecule has 2 aromatic rings. The van der Waals surface area contributed by atoms with Crippen molar-refractivity contribution in [3.8, 4) is 5.82 Å². The molecule has 17 heavy (non-hydrogen) atoms. The molecule has 1 unspecified atom stereocenters. The summed E-state index contributed by atoms with van der Waals surface area (Å²) in [7, 11) is 0. The van der Waals surface area contributed by atoms with Gasteiger partial charge in [-0.1, -0.05) is 6.07 Å². The van der Waals surface area contributed by atoms with Gasteiger partial charge in [0.15, 0.2) is 0 Å². The summed E-state index contributed by atoms with van der Waals surface area (Å²) >= 11 is 0. The molecular formula is C13H16N4. The fourth-order valence-corrected chi connectivity index (χ4v) is 2.31. The molecule has 0 amide bonds. The Morgan fingerprint density at radius 2 is 2.35 bits per heavy atom. The number of hydrogen-bond donors (Lipinski definition) is 1. The molecule has 1 aliphatic rings. The highest BCUT2D eigenvalue weighted by Gasteiger charge is 2.16. The summed E-state index contributed by atoms with van der Waals surface area (Å²) in [6.45, 7) is 2.18. The Labute approximate surface area is 101 Å². The van der Waals surface area contributed by atoms with E-state index in [-0.39, 0.29) is 0 Å². The Morgan fingerprint density at radius 1 is 1.35 bits per heavy atom. The van der Waals surface area contributed by atoms with Gasteiger partial charge in [0.25, 0.3) is 0 Å². The molecule has 4 heteroatoms. The first-order valence-corrected chi connectivity index (χ1v) is 6.09. The van der Waals surface area contributed by atoms with Crippen LogP contribution in [0.4, 0.5) is 0 Å². The average molecular weight is 228 g/mol. The van der Waals surface area contributed by atoms with Crippen LogP contribution in [0.3, 0.4) is 0 Å². The molecule has 1 atom stereocenters. The highest BCUT2D eigenvalue weighted by molar-refractivity contribution is 5.26. The number of nitrogens with zero attached hydrogens (tertiary/aromatic N) is 3. The lowest BCUT2D eigenvalue weighted by molar-refractivity contribution is 0.454. The second kappa shape index (κ2) is 4.67. The molecular weight excluding hydrogens is 212 g/mol. The van der Waals surface area contributed by atoms with Crippen LogP contribution in [0.1, 0.15) is 24.5 Å². The van der Waals surface area contributed by atoms with Crippen LogP contribution in [0.5, 0.6) is 0 Å². The molecule has 0 aromatic carbocycles. The fourth-order valence-electron chi connectivity index (χ4n) is 2.31. The van der Waals surface area contributed by atoms with Crippen molar-refractivity contribution in [3.05, 3.63) is 42.6 Å². The van der Waals surface area contributed by atoms with E-state index in [0.717, 1.165) is 18.9 Å². The number of piperidine rings is 1. The van der Waals surface area contributed by atoms with Gasteiger partial charge in [-0.2, -0.15) is 0 Å². The summed E-state index contributed by atoms with van der Waals surface area (Å²) in [6, 6.07) is 6.21. The van der Waals surface area contributed by atoms with Crippen molar-refractivity contribution < 1.29 is 0 Å². The first kappa shape index (κ1) is 10.5. The van der Waals surface area contributed by atoms with Gasteiger partial charge >= 0.3 is 0 Å². The molecule has 0 radical (unpaired) electrons. The Bertz CT molecular complexity index is 472. The van der Waals surface area contributed by atoms with Gasteiger partial charge in [0.2, 0.25) is 0 Å². The van der Waals surface area contributed by atoms with Crippen LogP contribution in [-0.2, 0) is 0 Å². The van der Waals surface area contributed by atoms with Gasteiger partial charge in [-0.15, -0.1) is 0 Å². The largest absolute Gasteiger partial charge is 0.316 e. The molecule has 1 saturated heterocycles. The molecule has 0 aliphatic carbocycles. The van der Waals surface area contributed by atoms with Gasteiger partial charge in [-0.25, -0.2) is 9.97 Å². The van der Waals surface area contributed by atoms with Crippen molar-refractivity contribution >= 4 is 0 Å². The molecule has 3 heterocycles. The first-order valence-electron chi connectivity index (χ1n) is 6.09. The van der Waals surface area contributed by atoms with E-state index >= 15 is 0 Å². The van der Waals surface area contributed by atoms with Gasteiger partial charge in [0.05, 0.1) is 0 Å². The van der Waals surface area contributed by atoms with Crippen molar-refractivity contribution in [1.29, 1.82) is 0 Å². The highest BCUT2D eigenvalue weighted by atomic mass is 15.1. The van der Waals surface area contributed by atoms with E-state index in [2.05, 4.69) is 22.4 Å². The predicted molar refractivity (Wildman–Crippen MR) is 66.2 cm³/mol. The predicted octanol–water partition coefficient (Wildman–Crippen LogP) is 1.73. The maximum atomic E-state index is 4.72. The summed E-state index contributed by atoms with van der Waals surface area (Å²) in [5, 5.41) is 3.43. The highest BCUT2D eigenvalue weighted by Crippen LogP contribution is 2.22. The lowest BCUT2D eigenvalue weighted by Crippen LogP contribution is -2.28. The SMILES string of the molecule is c1cc(C2CCCNC2)nc(-n2ccnc2)c1. The Hall–Kier alpha value is -1.68. The third-order valence-electron chi connectivity index (χ3n) is 3.24. The van der Waals surface area contributed by atoms with Gasteiger partial charge in [0.1, 0.15) is 12.1 Å². The summed E-state index contributed by atoms with van der Waals surface area (Å²) in [4.78, 5) is 8.77. The van der Waals surface area contributed by atoms with Crippen LogP contribution in [-0.4, -0.2) is 27.6 Å². The van der Waals surface area contributed by atoms with E-state index in [0.29, 0.717) is 5.92 Å². The Morgan fingerprint density at radius 3 is 3.12 bits per heavy atom. The average Bonchev–Trinajstić information content (AvgIpc) is 2.94. The minimum Gasteiger partial charge on any atom is -0.316 e. The molecule has 1 N–H and O–H groups in total. The van der Waals surface area contributed by atoms with Crippen LogP contribution in [0, 0.1) is 0 Å². The van der Waals surface area contributed by atoms with Crippen LogP contribution in [0.15, 0.2) is 36.9 Å². The molecule has 88 valence electrons. The fraction of sp³-hybridized carbons (Fsp3) is 0.385. The van der Waals surface area contributed by atoms with E-state index in [9.17, 15) is 0 Å². The van der Waals surface area contributed by atoms with Crippen molar-refractivity contribution in [1.82, 2.24) is 19.9 Å². The lowest BCUT2D eigenvalue weighted by Gasteiger charge is -2.22. The molecule has 1 aliphatic heterocycles. The number of nitrogens with one attached hydrogen (secondary N) is 1. The number of aromatic nitrogens is 3. The zero-order valence-corrected chi connectivity index (χ0v) is 9.71. The zero-order valence-electron chi connectivity index (χ0n) is 9.71. The third-order valence-corrected chi connectivity index (χ3v) is 3.24. The second-order valence-electron chi connectivity index (χ2n) is 4.43. The van der Waals surface area contributed by atoms with E-state index in [1.54, 1.807) is 12.5 Å². The monoisotopic (exact) mass is 228 g/mol.